The second-order valence-electron chi connectivity index (χ2n) is 6.88. The summed E-state index contributed by atoms with van der Waals surface area (Å²) in [5, 5.41) is 3.05. The Morgan fingerprint density at radius 2 is 1.92 bits per heavy atom. The van der Waals surface area contributed by atoms with Gasteiger partial charge in [-0.25, -0.2) is 0 Å². The molecule has 0 spiro atoms. The third-order valence-corrected chi connectivity index (χ3v) is 5.20. The number of hydrogen-bond donors (Lipinski definition) is 1. The number of benzene rings is 1. The maximum atomic E-state index is 12.8. The standard InChI is InChI=1S/C19H27N3O3/c1-14(21-7-9-25-10-8-21)12-20-19(24)18-11-16-5-3-4-6-17(16)13-22(18)15(2)23/h3-6,14,18H,7-13H2,1-2H3,(H,20,24)/t14?,18-/m1/s1. The molecule has 2 heterocycles. The van der Waals surface area contributed by atoms with Crippen molar-refractivity contribution in [3.8, 4) is 0 Å². The van der Waals surface area contributed by atoms with Crippen molar-refractivity contribution < 1.29 is 14.3 Å². The van der Waals surface area contributed by atoms with Crippen LogP contribution in [-0.4, -0.2) is 66.5 Å². The molecule has 2 atom stereocenters. The van der Waals surface area contributed by atoms with E-state index in [4.69, 9.17) is 4.74 Å². The van der Waals surface area contributed by atoms with Crippen molar-refractivity contribution in [1.29, 1.82) is 0 Å². The topological polar surface area (TPSA) is 61.9 Å². The molecule has 1 N–H and O–H groups in total. The van der Waals surface area contributed by atoms with E-state index in [1.807, 2.05) is 24.3 Å². The van der Waals surface area contributed by atoms with Crippen molar-refractivity contribution in [2.45, 2.75) is 38.9 Å². The van der Waals surface area contributed by atoms with E-state index >= 15 is 0 Å². The fourth-order valence-electron chi connectivity index (χ4n) is 3.60. The Bertz CT molecular complexity index is 628. The molecule has 6 nitrogen and oxygen atoms in total. The summed E-state index contributed by atoms with van der Waals surface area (Å²) in [6, 6.07) is 7.86. The van der Waals surface area contributed by atoms with Gasteiger partial charge in [-0.15, -0.1) is 0 Å². The molecule has 1 unspecified atom stereocenters. The zero-order chi connectivity index (χ0) is 17.8. The van der Waals surface area contributed by atoms with Crippen molar-refractivity contribution in [2.75, 3.05) is 32.8 Å². The molecule has 0 saturated carbocycles. The highest BCUT2D eigenvalue weighted by atomic mass is 16.5. The molecule has 25 heavy (non-hydrogen) atoms. The van der Waals surface area contributed by atoms with Crippen LogP contribution in [-0.2, 0) is 27.3 Å². The van der Waals surface area contributed by atoms with Gasteiger partial charge in [0.1, 0.15) is 6.04 Å². The molecule has 2 amide bonds. The lowest BCUT2D eigenvalue weighted by molar-refractivity contribution is -0.140. The molecule has 136 valence electrons. The van der Waals surface area contributed by atoms with Gasteiger partial charge in [0.05, 0.1) is 13.2 Å². The van der Waals surface area contributed by atoms with E-state index in [0.29, 0.717) is 19.5 Å². The van der Waals surface area contributed by atoms with E-state index in [2.05, 4.69) is 17.1 Å². The monoisotopic (exact) mass is 345 g/mol. The molecule has 2 aliphatic rings. The van der Waals surface area contributed by atoms with Gasteiger partial charge in [0.25, 0.3) is 0 Å². The first kappa shape index (κ1) is 17.9. The number of nitrogens with zero attached hydrogens (tertiary/aromatic N) is 2. The van der Waals surface area contributed by atoms with Gasteiger partial charge >= 0.3 is 0 Å². The summed E-state index contributed by atoms with van der Waals surface area (Å²) in [5.74, 6) is -0.124. The number of amides is 2. The first-order valence-electron chi connectivity index (χ1n) is 8.99. The molecule has 6 heteroatoms. The number of fused-ring (bicyclic) bond motifs is 1. The highest BCUT2D eigenvalue weighted by molar-refractivity contribution is 5.87. The van der Waals surface area contributed by atoms with Gasteiger partial charge in [-0.1, -0.05) is 24.3 Å². The number of carbonyl (C=O) groups excluding carboxylic acids is 2. The van der Waals surface area contributed by atoms with Gasteiger partial charge in [-0.2, -0.15) is 0 Å². The molecule has 0 aliphatic carbocycles. The molecular formula is C19H27N3O3. The number of morpholine rings is 1. The summed E-state index contributed by atoms with van der Waals surface area (Å²) in [6.45, 7) is 8.02. The molecule has 2 aliphatic heterocycles. The average molecular weight is 345 g/mol. The molecule has 1 fully saturated rings. The van der Waals surface area contributed by atoms with E-state index in [1.165, 1.54) is 6.92 Å². The first-order valence-corrected chi connectivity index (χ1v) is 8.99. The minimum Gasteiger partial charge on any atom is -0.379 e. The molecule has 0 radical (unpaired) electrons. The van der Waals surface area contributed by atoms with Crippen molar-refractivity contribution in [3.63, 3.8) is 0 Å². The van der Waals surface area contributed by atoms with Crippen LogP contribution in [0.15, 0.2) is 24.3 Å². The fraction of sp³-hybridized carbons (Fsp3) is 0.579. The van der Waals surface area contributed by atoms with Gasteiger partial charge in [0.15, 0.2) is 0 Å². The largest absolute Gasteiger partial charge is 0.379 e. The van der Waals surface area contributed by atoms with Crippen LogP contribution < -0.4 is 5.32 Å². The van der Waals surface area contributed by atoms with Crippen LogP contribution in [0.4, 0.5) is 0 Å². The Kier molecular flexibility index (Phi) is 5.71. The number of carbonyl (C=O) groups is 2. The summed E-state index contributed by atoms with van der Waals surface area (Å²) in [5.41, 5.74) is 2.28. The van der Waals surface area contributed by atoms with Crippen molar-refractivity contribution in [1.82, 2.24) is 15.1 Å². The van der Waals surface area contributed by atoms with Crippen LogP contribution >= 0.6 is 0 Å². The molecular weight excluding hydrogens is 318 g/mol. The first-order chi connectivity index (χ1) is 12.1. The van der Waals surface area contributed by atoms with E-state index in [9.17, 15) is 9.59 Å². The molecule has 1 saturated heterocycles. The van der Waals surface area contributed by atoms with Crippen molar-refractivity contribution in [2.24, 2.45) is 0 Å². The SMILES string of the molecule is CC(=O)N1Cc2ccccc2C[C@@H]1C(=O)NCC(C)N1CCOCC1. The van der Waals surface area contributed by atoms with Gasteiger partial charge in [0.2, 0.25) is 11.8 Å². The number of ether oxygens (including phenoxy) is 1. The summed E-state index contributed by atoms with van der Waals surface area (Å²) in [6.07, 6.45) is 0.577. The summed E-state index contributed by atoms with van der Waals surface area (Å²) < 4.78 is 5.37. The summed E-state index contributed by atoms with van der Waals surface area (Å²) in [4.78, 5) is 28.8. The van der Waals surface area contributed by atoms with Crippen LogP contribution in [0.2, 0.25) is 0 Å². The molecule has 0 aromatic heterocycles. The predicted molar refractivity (Wildman–Crippen MR) is 95.0 cm³/mol. The Morgan fingerprint density at radius 3 is 2.60 bits per heavy atom. The lowest BCUT2D eigenvalue weighted by Crippen LogP contribution is -2.54. The smallest absolute Gasteiger partial charge is 0.243 e. The van der Waals surface area contributed by atoms with Gasteiger partial charge in [-0.05, 0) is 18.1 Å². The third-order valence-electron chi connectivity index (χ3n) is 5.20. The van der Waals surface area contributed by atoms with Gasteiger partial charge < -0.3 is 15.0 Å². The molecule has 1 aromatic rings. The Labute approximate surface area is 149 Å². The third kappa shape index (κ3) is 4.19. The second-order valence-corrected chi connectivity index (χ2v) is 6.88. The fourth-order valence-corrected chi connectivity index (χ4v) is 3.60. The molecule has 1 aromatic carbocycles. The van der Waals surface area contributed by atoms with E-state index in [0.717, 1.165) is 37.4 Å². The zero-order valence-electron chi connectivity index (χ0n) is 15.0. The summed E-state index contributed by atoms with van der Waals surface area (Å²) in [7, 11) is 0. The van der Waals surface area contributed by atoms with E-state index in [-0.39, 0.29) is 17.9 Å². The van der Waals surface area contributed by atoms with Crippen LogP contribution in [0.5, 0.6) is 0 Å². The zero-order valence-corrected chi connectivity index (χ0v) is 15.0. The highest BCUT2D eigenvalue weighted by Crippen LogP contribution is 2.23. The Hall–Kier alpha value is -1.92. The minimum absolute atomic E-state index is 0.0594. The van der Waals surface area contributed by atoms with Gasteiger partial charge in [0, 0.05) is 45.6 Å². The maximum Gasteiger partial charge on any atom is 0.243 e. The lowest BCUT2D eigenvalue weighted by atomic mass is 9.93. The van der Waals surface area contributed by atoms with Gasteiger partial charge in [-0.3, -0.25) is 14.5 Å². The van der Waals surface area contributed by atoms with Crippen molar-refractivity contribution >= 4 is 11.8 Å². The second kappa shape index (κ2) is 7.97. The van der Waals surface area contributed by atoms with Crippen LogP contribution in [0.25, 0.3) is 0 Å². The normalized spacial score (nSPS) is 22.2. The van der Waals surface area contributed by atoms with Crippen molar-refractivity contribution in [3.05, 3.63) is 35.4 Å². The Morgan fingerprint density at radius 1 is 1.24 bits per heavy atom. The van der Waals surface area contributed by atoms with E-state index in [1.54, 1.807) is 4.90 Å². The maximum absolute atomic E-state index is 12.8. The summed E-state index contributed by atoms with van der Waals surface area (Å²) >= 11 is 0. The predicted octanol–water partition coefficient (Wildman–Crippen LogP) is 0.797. The quantitative estimate of drug-likeness (QED) is 0.877. The number of nitrogens with one attached hydrogen (secondary N) is 1. The van der Waals surface area contributed by atoms with Crippen LogP contribution in [0, 0.1) is 0 Å². The highest BCUT2D eigenvalue weighted by Gasteiger charge is 2.33. The number of rotatable bonds is 4. The lowest BCUT2D eigenvalue weighted by Gasteiger charge is -2.36. The molecule has 0 bridgehead atoms. The Balaban J connectivity index is 1.62. The number of hydrogen-bond acceptors (Lipinski definition) is 4. The van der Waals surface area contributed by atoms with E-state index < -0.39 is 6.04 Å². The average Bonchev–Trinajstić information content (AvgIpc) is 2.65. The molecule has 3 rings (SSSR count). The van der Waals surface area contributed by atoms with Crippen LogP contribution in [0.1, 0.15) is 25.0 Å². The minimum atomic E-state index is -0.427. The van der Waals surface area contributed by atoms with Crippen LogP contribution in [0.3, 0.4) is 0 Å².